The fourth-order valence-electron chi connectivity index (χ4n) is 5.40. The molecule has 0 aliphatic rings. The monoisotopic (exact) mass is 768 g/mol. The second kappa shape index (κ2) is 19.5. The summed E-state index contributed by atoms with van der Waals surface area (Å²) in [6.07, 6.45) is 4.08. The highest BCUT2D eigenvalue weighted by atomic mass is 35.5. The van der Waals surface area contributed by atoms with Crippen LogP contribution < -0.4 is 11.1 Å². The number of pyridine rings is 4. The van der Waals surface area contributed by atoms with Crippen molar-refractivity contribution in [2.75, 3.05) is 11.1 Å². The first-order chi connectivity index (χ1) is 26.6. The predicted molar refractivity (Wildman–Crippen MR) is 223 cm³/mol. The third kappa shape index (κ3) is 11.0. The molecule has 8 aromatic rings. The number of phenols is 2. The minimum absolute atomic E-state index is 0.137. The van der Waals surface area contributed by atoms with E-state index in [-0.39, 0.29) is 17.5 Å². The van der Waals surface area contributed by atoms with Crippen molar-refractivity contribution >= 4 is 62.9 Å². The summed E-state index contributed by atoms with van der Waals surface area (Å²) in [5, 5.41) is 26.6. The van der Waals surface area contributed by atoms with Crippen LogP contribution >= 0.6 is 23.2 Å². The topological polar surface area (TPSA) is 147 Å². The summed E-state index contributed by atoms with van der Waals surface area (Å²) in [7, 11) is 0. The highest BCUT2D eigenvalue weighted by Crippen LogP contribution is 2.38. The second-order valence-corrected chi connectivity index (χ2v) is 12.9. The Kier molecular flexibility index (Phi) is 14.1. The zero-order valence-corrected chi connectivity index (χ0v) is 31.5. The van der Waals surface area contributed by atoms with E-state index >= 15 is 0 Å². The van der Waals surface area contributed by atoms with Crippen LogP contribution in [-0.2, 0) is 0 Å². The Morgan fingerprint density at radius 1 is 0.618 bits per heavy atom. The molecule has 0 saturated heterocycles. The highest BCUT2D eigenvalue weighted by Gasteiger charge is 2.22. The van der Waals surface area contributed by atoms with Gasteiger partial charge in [0, 0.05) is 50.7 Å². The molecule has 11 heteroatoms. The molecule has 0 amide bonds. The number of aromatic hydroxyl groups is 2. The van der Waals surface area contributed by atoms with E-state index in [4.69, 9.17) is 28.9 Å². The molecule has 8 rings (SSSR count). The van der Waals surface area contributed by atoms with E-state index in [1.54, 1.807) is 54.9 Å². The van der Waals surface area contributed by atoms with E-state index in [0.29, 0.717) is 43.8 Å². The van der Waals surface area contributed by atoms with Gasteiger partial charge in [-0.2, -0.15) is 0 Å². The molecule has 0 radical (unpaired) electrons. The molecule has 0 aliphatic carbocycles. The summed E-state index contributed by atoms with van der Waals surface area (Å²) >= 11 is 12.1. The number of anilines is 2. The molecule has 1 atom stereocenters. The number of carbonyl (C=O) groups excluding carboxylic acids is 1. The van der Waals surface area contributed by atoms with Gasteiger partial charge in [-0.15, -0.1) is 0 Å². The van der Waals surface area contributed by atoms with Gasteiger partial charge >= 0.3 is 0 Å². The third-order valence-electron chi connectivity index (χ3n) is 8.04. The molecule has 1 unspecified atom stereocenters. The molecule has 9 nitrogen and oxygen atoms in total. The number of hydrogen-bond donors (Lipinski definition) is 4. The van der Waals surface area contributed by atoms with E-state index < -0.39 is 0 Å². The predicted octanol–water partition coefficient (Wildman–Crippen LogP) is 10.6. The Hall–Kier alpha value is -6.55. The molecule has 55 heavy (non-hydrogen) atoms. The fraction of sp³-hybridized carbons (Fsp3) is 0.0682. The lowest BCUT2D eigenvalue weighted by Gasteiger charge is -2.23. The third-order valence-corrected chi connectivity index (χ3v) is 8.73. The molecule has 276 valence electrons. The minimum Gasteiger partial charge on any atom is -0.506 e. The quantitative estimate of drug-likeness (QED) is 0.126. The molecular weight excluding hydrogens is 731 g/mol. The van der Waals surface area contributed by atoms with E-state index in [2.05, 4.69) is 25.3 Å². The number of phenolic OH excluding ortho intramolecular Hbond substituents is 2. The Labute approximate surface area is 329 Å². The minimum atomic E-state index is -0.376. The van der Waals surface area contributed by atoms with Crippen molar-refractivity contribution in [3.8, 4) is 11.5 Å². The molecule has 4 heterocycles. The standard InChI is InChI=1S/C22H18ClN3O.C9H7NO.C7H5ClO.C6H8N2/c1-14-6-4-10-19(25-14)26-21(16-8-2-3-9-18(16)23)17-12-11-15-7-5-13-24-20(15)22(17)27;11-8-5-1-3-7-4-2-6-10-9(7)8;8-7-4-2-1-3-6(7)5-9;1-5-3-2-4-6(7)8-5/h2-13,21,27H,1H3,(H,25,26);1-6,11H;1-5H;2-4H,1H3,(H2,7,8). The van der Waals surface area contributed by atoms with Gasteiger partial charge < -0.3 is 21.3 Å². The highest BCUT2D eigenvalue weighted by molar-refractivity contribution is 6.33. The average molecular weight is 770 g/mol. The smallest absolute Gasteiger partial charge is 0.151 e. The number of nitrogens with one attached hydrogen (secondary N) is 1. The normalized spacial score (nSPS) is 10.8. The summed E-state index contributed by atoms with van der Waals surface area (Å²) in [6, 6.07) is 42.2. The van der Waals surface area contributed by atoms with E-state index in [1.165, 1.54) is 0 Å². The maximum atomic E-state index is 10.9. The first-order valence-corrected chi connectivity index (χ1v) is 17.8. The molecule has 4 aromatic heterocycles. The number of benzene rings is 4. The van der Waals surface area contributed by atoms with Crippen LogP contribution in [0, 0.1) is 13.8 Å². The number of nitrogens with two attached hydrogens (primary N) is 1. The molecule has 5 N–H and O–H groups in total. The largest absolute Gasteiger partial charge is 0.506 e. The SMILES string of the molecule is Cc1cccc(N)n1.Cc1cccc(NC(c2ccccc2Cl)c2ccc3cccnc3c2O)n1.O=Cc1ccccc1Cl.Oc1cccc2cccnc12. The number of nitrogen functional groups attached to an aromatic ring is 1. The van der Waals surface area contributed by atoms with Crippen molar-refractivity contribution in [1.29, 1.82) is 0 Å². The first-order valence-electron chi connectivity index (χ1n) is 17.1. The summed E-state index contributed by atoms with van der Waals surface area (Å²) in [6.45, 7) is 3.85. The van der Waals surface area contributed by atoms with Crippen molar-refractivity contribution in [1.82, 2.24) is 19.9 Å². The summed E-state index contributed by atoms with van der Waals surface area (Å²) in [5.74, 6) is 1.67. The van der Waals surface area contributed by atoms with Crippen LogP contribution in [-0.4, -0.2) is 36.4 Å². The first kappa shape index (κ1) is 39.7. The van der Waals surface area contributed by atoms with Gasteiger partial charge in [-0.3, -0.25) is 14.8 Å². The molecule has 0 spiro atoms. The van der Waals surface area contributed by atoms with Gasteiger partial charge in [-0.05, 0) is 74.0 Å². The lowest BCUT2D eigenvalue weighted by molar-refractivity contribution is 0.112. The number of fused-ring (bicyclic) bond motifs is 2. The number of nitrogens with zero attached hydrogens (tertiary/aromatic N) is 4. The molecule has 0 aliphatic heterocycles. The van der Waals surface area contributed by atoms with Gasteiger partial charge in [0.1, 0.15) is 34.2 Å². The number of halogens is 2. The second-order valence-electron chi connectivity index (χ2n) is 12.0. The van der Waals surface area contributed by atoms with Crippen LogP contribution in [0.3, 0.4) is 0 Å². The molecule has 4 aromatic carbocycles. The molecule has 0 saturated carbocycles. The Morgan fingerprint density at radius 2 is 1.22 bits per heavy atom. The summed E-state index contributed by atoms with van der Waals surface area (Å²) in [5.41, 5.74) is 10.5. The number of para-hydroxylation sites is 1. The molecule has 0 bridgehead atoms. The van der Waals surface area contributed by atoms with Crippen LogP contribution in [0.25, 0.3) is 21.8 Å². The van der Waals surface area contributed by atoms with Crippen molar-refractivity contribution in [3.63, 3.8) is 0 Å². The van der Waals surface area contributed by atoms with Crippen LogP contribution in [0.2, 0.25) is 10.0 Å². The maximum Gasteiger partial charge on any atom is 0.151 e. The van der Waals surface area contributed by atoms with Gasteiger partial charge in [0.25, 0.3) is 0 Å². The lowest BCUT2D eigenvalue weighted by Crippen LogP contribution is -2.14. The van der Waals surface area contributed by atoms with Gasteiger partial charge in [0.05, 0.1) is 11.1 Å². The lowest BCUT2D eigenvalue weighted by atomic mass is 9.96. The Balaban J connectivity index is 0.000000168. The zero-order valence-electron chi connectivity index (χ0n) is 30.0. The fourth-order valence-corrected chi connectivity index (χ4v) is 5.83. The average Bonchev–Trinajstić information content (AvgIpc) is 3.19. The summed E-state index contributed by atoms with van der Waals surface area (Å²) < 4.78 is 0. The zero-order chi connectivity index (χ0) is 39.2. The van der Waals surface area contributed by atoms with Gasteiger partial charge in [-0.25, -0.2) is 9.97 Å². The number of aromatic nitrogens is 4. The van der Waals surface area contributed by atoms with Crippen LogP contribution in [0.1, 0.15) is 38.9 Å². The number of aryl methyl sites for hydroxylation is 2. The van der Waals surface area contributed by atoms with E-state index in [1.807, 2.05) is 111 Å². The molecular formula is C44H38Cl2N6O3. The van der Waals surface area contributed by atoms with Crippen molar-refractivity contribution in [2.45, 2.75) is 19.9 Å². The van der Waals surface area contributed by atoms with Crippen molar-refractivity contribution in [3.05, 3.63) is 190 Å². The van der Waals surface area contributed by atoms with Gasteiger partial charge in [-0.1, -0.05) is 108 Å². The number of aldehydes is 1. The van der Waals surface area contributed by atoms with Crippen LogP contribution in [0.15, 0.2) is 152 Å². The number of rotatable bonds is 5. The summed E-state index contributed by atoms with van der Waals surface area (Å²) in [4.78, 5) is 27.0. The number of hydrogen-bond acceptors (Lipinski definition) is 9. The van der Waals surface area contributed by atoms with E-state index in [0.717, 1.165) is 34.0 Å². The molecule has 0 fully saturated rings. The van der Waals surface area contributed by atoms with Crippen molar-refractivity contribution in [2.24, 2.45) is 0 Å². The Morgan fingerprint density at radius 3 is 1.82 bits per heavy atom. The van der Waals surface area contributed by atoms with E-state index in [9.17, 15) is 15.0 Å². The van der Waals surface area contributed by atoms with Gasteiger partial charge in [0.2, 0.25) is 0 Å². The van der Waals surface area contributed by atoms with Crippen LogP contribution in [0.4, 0.5) is 11.6 Å². The van der Waals surface area contributed by atoms with Crippen LogP contribution in [0.5, 0.6) is 11.5 Å². The van der Waals surface area contributed by atoms with Gasteiger partial charge in [0.15, 0.2) is 6.29 Å². The maximum absolute atomic E-state index is 10.9. The Bertz CT molecular complexity index is 2490. The van der Waals surface area contributed by atoms with Crippen molar-refractivity contribution < 1.29 is 15.0 Å². The number of carbonyl (C=O) groups is 1.